The maximum atomic E-state index is 12.1. The Bertz CT molecular complexity index is 654. The van der Waals surface area contributed by atoms with Crippen molar-refractivity contribution in [3.63, 3.8) is 0 Å². The molecule has 0 unspecified atom stereocenters. The summed E-state index contributed by atoms with van der Waals surface area (Å²) in [5.41, 5.74) is -1.15. The minimum atomic E-state index is -0.822. The summed E-state index contributed by atoms with van der Waals surface area (Å²) < 4.78 is 0. The van der Waals surface area contributed by atoms with E-state index in [2.05, 4.69) is 11.9 Å². The molecule has 1 rings (SSSR count). The summed E-state index contributed by atoms with van der Waals surface area (Å²) in [5, 5.41) is 25.1. The third-order valence-corrected chi connectivity index (χ3v) is 3.05. The Morgan fingerprint density at radius 2 is 1.61 bits per heavy atom. The van der Waals surface area contributed by atoms with Crippen molar-refractivity contribution in [1.29, 1.82) is 0 Å². The smallest absolute Gasteiger partial charge is 0.280 e. The molecule has 0 saturated carbocycles. The Labute approximate surface area is 133 Å². The summed E-state index contributed by atoms with van der Waals surface area (Å²) in [4.78, 5) is 33.3. The first kappa shape index (κ1) is 18.3. The maximum absolute atomic E-state index is 12.1. The number of carbonyl (C=O) groups is 1. The van der Waals surface area contributed by atoms with Crippen molar-refractivity contribution in [2.24, 2.45) is 0 Å². The second-order valence-corrected chi connectivity index (χ2v) is 6.29. The fraction of sp³-hybridized carbons (Fsp3) is 0.400. The molecule has 1 aromatic rings. The second kappa shape index (κ2) is 6.55. The number of nitro benzene ring substituents is 2. The summed E-state index contributed by atoms with van der Waals surface area (Å²) in [6, 6.07) is 2.14. The number of nitrogens with one attached hydrogen (secondary N) is 1. The van der Waals surface area contributed by atoms with Gasteiger partial charge in [-0.25, -0.2) is 0 Å². The van der Waals surface area contributed by atoms with Gasteiger partial charge >= 0.3 is 0 Å². The highest BCUT2D eigenvalue weighted by molar-refractivity contribution is 5.96. The lowest BCUT2D eigenvalue weighted by molar-refractivity contribution is -0.396. The lowest BCUT2D eigenvalue weighted by atomic mass is 9.83. The third kappa shape index (κ3) is 4.35. The van der Waals surface area contributed by atoms with E-state index in [9.17, 15) is 25.0 Å². The first-order chi connectivity index (χ1) is 10.4. The van der Waals surface area contributed by atoms with Gasteiger partial charge in [-0.1, -0.05) is 32.9 Å². The van der Waals surface area contributed by atoms with Crippen molar-refractivity contribution < 1.29 is 14.6 Å². The molecular formula is C15H19N3O5. The average molecular weight is 321 g/mol. The third-order valence-electron chi connectivity index (χ3n) is 3.05. The lowest BCUT2D eigenvalue weighted by Crippen LogP contribution is -2.26. The van der Waals surface area contributed by atoms with Gasteiger partial charge in [-0.15, -0.1) is 0 Å². The zero-order valence-corrected chi connectivity index (χ0v) is 13.5. The number of hydrogen-bond acceptors (Lipinski definition) is 5. The zero-order chi connectivity index (χ0) is 17.9. The largest absolute Gasteiger partial charge is 0.348 e. The molecule has 0 aromatic heterocycles. The van der Waals surface area contributed by atoms with Crippen LogP contribution in [-0.2, 0) is 5.41 Å². The molecule has 0 radical (unpaired) electrons. The van der Waals surface area contributed by atoms with Crippen LogP contribution in [0.2, 0.25) is 0 Å². The zero-order valence-electron chi connectivity index (χ0n) is 13.5. The first-order valence-electron chi connectivity index (χ1n) is 6.85. The Hall–Kier alpha value is -2.77. The van der Waals surface area contributed by atoms with E-state index in [0.29, 0.717) is 5.57 Å². The minimum absolute atomic E-state index is 0.0102. The molecule has 0 aliphatic rings. The Morgan fingerprint density at radius 1 is 1.17 bits per heavy atom. The van der Waals surface area contributed by atoms with E-state index in [-0.39, 0.29) is 17.7 Å². The van der Waals surface area contributed by atoms with Crippen molar-refractivity contribution in [3.8, 4) is 0 Å². The van der Waals surface area contributed by atoms with E-state index in [1.54, 1.807) is 27.7 Å². The molecule has 8 heteroatoms. The summed E-state index contributed by atoms with van der Waals surface area (Å²) in [6.45, 7) is 10.4. The van der Waals surface area contributed by atoms with Crippen LogP contribution in [0.5, 0.6) is 0 Å². The fourth-order valence-corrected chi connectivity index (χ4v) is 2.13. The second-order valence-electron chi connectivity index (χ2n) is 6.29. The lowest BCUT2D eigenvalue weighted by Gasteiger charge is -2.19. The maximum Gasteiger partial charge on any atom is 0.280 e. The van der Waals surface area contributed by atoms with Crippen LogP contribution in [0.3, 0.4) is 0 Å². The SMILES string of the molecule is C=C(C)CNC(=O)c1cc([N+](=O)[O-])c(C(C)(C)C)c([N+](=O)[O-])c1. The molecule has 0 fully saturated rings. The van der Waals surface area contributed by atoms with E-state index in [1.807, 2.05) is 0 Å². The fourth-order valence-electron chi connectivity index (χ4n) is 2.13. The van der Waals surface area contributed by atoms with Crippen molar-refractivity contribution in [1.82, 2.24) is 5.32 Å². The van der Waals surface area contributed by atoms with E-state index < -0.39 is 32.5 Å². The number of rotatable bonds is 5. The number of benzene rings is 1. The quantitative estimate of drug-likeness (QED) is 0.508. The molecule has 0 atom stereocenters. The van der Waals surface area contributed by atoms with Crippen LogP contribution < -0.4 is 5.32 Å². The predicted octanol–water partition coefficient (Wildman–Crippen LogP) is 3.11. The number of nitrogens with zero attached hydrogens (tertiary/aromatic N) is 2. The van der Waals surface area contributed by atoms with Crippen LogP contribution in [0.25, 0.3) is 0 Å². The molecule has 0 spiro atoms. The molecule has 0 heterocycles. The molecule has 23 heavy (non-hydrogen) atoms. The van der Waals surface area contributed by atoms with Crippen molar-refractivity contribution in [2.75, 3.05) is 6.54 Å². The van der Waals surface area contributed by atoms with Gasteiger partial charge in [0.15, 0.2) is 0 Å². The number of carbonyl (C=O) groups excluding carboxylic acids is 1. The average Bonchev–Trinajstić information content (AvgIpc) is 2.41. The summed E-state index contributed by atoms with van der Waals surface area (Å²) >= 11 is 0. The normalized spacial score (nSPS) is 11.0. The van der Waals surface area contributed by atoms with Crippen LogP contribution in [-0.4, -0.2) is 22.3 Å². The highest BCUT2D eigenvalue weighted by Gasteiger charge is 2.35. The molecule has 124 valence electrons. The van der Waals surface area contributed by atoms with Crippen molar-refractivity contribution >= 4 is 17.3 Å². The topological polar surface area (TPSA) is 115 Å². The van der Waals surface area contributed by atoms with Gasteiger partial charge in [0.1, 0.15) is 5.56 Å². The highest BCUT2D eigenvalue weighted by Crippen LogP contribution is 2.39. The van der Waals surface area contributed by atoms with Gasteiger partial charge in [0.25, 0.3) is 17.3 Å². The predicted molar refractivity (Wildman–Crippen MR) is 85.6 cm³/mol. The van der Waals surface area contributed by atoms with E-state index in [4.69, 9.17) is 0 Å². The van der Waals surface area contributed by atoms with Crippen LogP contribution in [0, 0.1) is 20.2 Å². The minimum Gasteiger partial charge on any atom is -0.348 e. The Balaban J connectivity index is 3.54. The van der Waals surface area contributed by atoms with Gasteiger partial charge in [0.2, 0.25) is 0 Å². The number of amides is 1. The monoisotopic (exact) mass is 321 g/mol. The van der Waals surface area contributed by atoms with E-state index >= 15 is 0 Å². The van der Waals surface area contributed by atoms with Crippen molar-refractivity contribution in [3.05, 3.63) is 55.6 Å². The van der Waals surface area contributed by atoms with Gasteiger partial charge in [-0.3, -0.25) is 25.0 Å². The van der Waals surface area contributed by atoms with Crippen LogP contribution in [0.15, 0.2) is 24.3 Å². The number of hydrogen-bond donors (Lipinski definition) is 1. The van der Waals surface area contributed by atoms with Crippen LogP contribution >= 0.6 is 0 Å². The van der Waals surface area contributed by atoms with Gasteiger partial charge in [-0.05, 0) is 6.92 Å². The molecule has 1 aromatic carbocycles. The van der Waals surface area contributed by atoms with Crippen molar-refractivity contribution in [2.45, 2.75) is 33.1 Å². The summed E-state index contributed by atoms with van der Waals surface area (Å²) in [5.74, 6) is -0.625. The Kier molecular flexibility index (Phi) is 5.21. The van der Waals surface area contributed by atoms with E-state index in [0.717, 1.165) is 12.1 Å². The molecule has 0 saturated heterocycles. The highest BCUT2D eigenvalue weighted by atomic mass is 16.6. The summed E-state index contributed by atoms with van der Waals surface area (Å²) in [7, 11) is 0. The van der Waals surface area contributed by atoms with E-state index in [1.165, 1.54) is 0 Å². The molecule has 1 N–H and O–H groups in total. The molecule has 1 amide bonds. The molecular weight excluding hydrogens is 302 g/mol. The van der Waals surface area contributed by atoms with Crippen LogP contribution in [0.4, 0.5) is 11.4 Å². The molecule has 0 aliphatic heterocycles. The molecule has 0 aliphatic carbocycles. The standard InChI is InChI=1S/C15H19N3O5/c1-9(2)8-16-14(19)10-6-11(17(20)21)13(15(3,4)5)12(7-10)18(22)23/h6-7H,1,8H2,2-5H3,(H,16,19). The van der Waals surface area contributed by atoms with Gasteiger partial charge in [-0.2, -0.15) is 0 Å². The molecule has 0 bridgehead atoms. The van der Waals surface area contributed by atoms with Gasteiger partial charge < -0.3 is 5.32 Å². The van der Waals surface area contributed by atoms with Crippen LogP contribution in [0.1, 0.15) is 43.6 Å². The van der Waals surface area contributed by atoms with Gasteiger partial charge in [0, 0.05) is 24.1 Å². The first-order valence-corrected chi connectivity index (χ1v) is 6.85. The summed E-state index contributed by atoms with van der Waals surface area (Å²) in [6.07, 6.45) is 0. The number of nitro groups is 2. The van der Waals surface area contributed by atoms with Gasteiger partial charge in [0.05, 0.1) is 15.4 Å². The molecule has 8 nitrogen and oxygen atoms in total. The Morgan fingerprint density at radius 3 is 1.91 bits per heavy atom.